The van der Waals surface area contributed by atoms with Crippen LogP contribution in [0.15, 0.2) is 46.0 Å². The van der Waals surface area contributed by atoms with E-state index < -0.39 is 10.0 Å². The van der Waals surface area contributed by atoms with E-state index >= 15 is 0 Å². The highest BCUT2D eigenvalue weighted by Gasteiger charge is 2.16. The van der Waals surface area contributed by atoms with Gasteiger partial charge >= 0.3 is 0 Å². The Kier molecular flexibility index (Phi) is 4.13. The lowest BCUT2D eigenvalue weighted by atomic mass is 10.2. The van der Waals surface area contributed by atoms with Crippen molar-refractivity contribution in [1.82, 2.24) is 4.98 Å². The molecule has 1 heterocycles. The van der Waals surface area contributed by atoms with Crippen molar-refractivity contribution in [2.24, 2.45) is 0 Å². The molecule has 19 heavy (non-hydrogen) atoms. The minimum Gasteiger partial charge on any atom is -0.278 e. The lowest BCUT2D eigenvalue weighted by molar-refractivity contribution is 0.600. The number of halogens is 2. The van der Waals surface area contributed by atoms with Gasteiger partial charge in [0.2, 0.25) is 0 Å². The molecule has 0 unspecified atom stereocenters. The zero-order valence-electron chi connectivity index (χ0n) is 9.89. The zero-order valence-corrected chi connectivity index (χ0v) is 13.1. The van der Waals surface area contributed by atoms with Crippen LogP contribution < -0.4 is 4.72 Å². The molecule has 1 aromatic carbocycles. The van der Waals surface area contributed by atoms with Crippen molar-refractivity contribution >= 4 is 43.2 Å². The van der Waals surface area contributed by atoms with Gasteiger partial charge in [0, 0.05) is 16.9 Å². The number of sulfonamides is 1. The normalized spacial score (nSPS) is 11.3. The summed E-state index contributed by atoms with van der Waals surface area (Å²) in [7, 11) is -3.70. The topological polar surface area (TPSA) is 59.1 Å². The molecule has 0 saturated heterocycles. The van der Waals surface area contributed by atoms with Crippen LogP contribution in [-0.4, -0.2) is 13.4 Å². The number of aryl methyl sites for hydroxylation is 1. The number of benzene rings is 1. The van der Waals surface area contributed by atoms with Gasteiger partial charge in [0.15, 0.2) is 0 Å². The summed E-state index contributed by atoms with van der Waals surface area (Å²) in [6.07, 6.45) is 2.78. The summed E-state index contributed by atoms with van der Waals surface area (Å²) < 4.78 is 27.3. The van der Waals surface area contributed by atoms with Crippen molar-refractivity contribution < 1.29 is 8.42 Å². The molecule has 0 aliphatic heterocycles. The Hall–Kier alpha value is -1.11. The molecule has 0 aliphatic carbocycles. The average molecular weight is 362 g/mol. The summed E-state index contributed by atoms with van der Waals surface area (Å²) in [5, 5.41) is 0.353. The van der Waals surface area contributed by atoms with Crippen molar-refractivity contribution in [3.05, 3.63) is 51.7 Å². The number of nitrogens with one attached hydrogen (secondary N) is 1. The molecule has 1 N–H and O–H groups in total. The first-order chi connectivity index (χ1) is 8.88. The smallest absolute Gasteiger partial charge is 0.263 e. The summed E-state index contributed by atoms with van der Waals surface area (Å²) in [5.41, 5.74) is 1.30. The number of aromatic nitrogens is 1. The zero-order chi connectivity index (χ0) is 14.0. The molecule has 0 fully saturated rings. The maximum Gasteiger partial charge on any atom is 0.263 e. The third kappa shape index (κ3) is 3.46. The summed E-state index contributed by atoms with van der Waals surface area (Å²) in [6.45, 7) is 1.88. The minimum atomic E-state index is -3.70. The van der Waals surface area contributed by atoms with Crippen LogP contribution in [0.2, 0.25) is 5.02 Å². The second-order valence-electron chi connectivity index (χ2n) is 3.93. The molecule has 0 spiro atoms. The largest absolute Gasteiger partial charge is 0.278 e. The number of hydrogen-bond donors (Lipinski definition) is 1. The monoisotopic (exact) mass is 360 g/mol. The first kappa shape index (κ1) is 14.3. The summed E-state index contributed by atoms with van der Waals surface area (Å²) in [5.74, 6) is 0. The van der Waals surface area contributed by atoms with E-state index in [2.05, 4.69) is 25.6 Å². The standard InChI is InChI=1S/C12H10BrClN2O2S/c1-8-2-3-12(11(14)4-8)16-19(17,18)10-5-9(13)6-15-7-10/h2-7,16H,1H3. The Bertz CT molecular complexity index is 719. The van der Waals surface area contributed by atoms with Gasteiger partial charge < -0.3 is 0 Å². The fourth-order valence-electron chi connectivity index (χ4n) is 1.45. The maximum atomic E-state index is 12.2. The maximum absolute atomic E-state index is 12.2. The molecular weight excluding hydrogens is 352 g/mol. The van der Waals surface area contributed by atoms with Gasteiger partial charge in [-0.05, 0) is 46.6 Å². The van der Waals surface area contributed by atoms with E-state index in [1.165, 1.54) is 18.5 Å². The van der Waals surface area contributed by atoms with E-state index in [1.807, 2.05) is 6.92 Å². The molecule has 0 radical (unpaired) electrons. The number of nitrogens with zero attached hydrogens (tertiary/aromatic N) is 1. The fourth-order valence-corrected chi connectivity index (χ4v) is 3.37. The SMILES string of the molecule is Cc1ccc(NS(=O)(=O)c2cncc(Br)c2)c(Cl)c1. The first-order valence-electron chi connectivity index (χ1n) is 5.28. The summed E-state index contributed by atoms with van der Waals surface area (Å²) in [6, 6.07) is 6.57. The Morgan fingerprint density at radius 2 is 2.00 bits per heavy atom. The van der Waals surface area contributed by atoms with Crippen molar-refractivity contribution in [3.63, 3.8) is 0 Å². The molecule has 1 aromatic heterocycles. The Morgan fingerprint density at radius 3 is 2.63 bits per heavy atom. The fraction of sp³-hybridized carbons (Fsp3) is 0.0833. The van der Waals surface area contributed by atoms with E-state index in [4.69, 9.17) is 11.6 Å². The van der Waals surface area contributed by atoms with E-state index in [9.17, 15) is 8.42 Å². The van der Waals surface area contributed by atoms with Crippen molar-refractivity contribution in [1.29, 1.82) is 0 Å². The van der Waals surface area contributed by atoms with E-state index in [-0.39, 0.29) is 4.90 Å². The van der Waals surface area contributed by atoms with Crippen LogP contribution in [0.5, 0.6) is 0 Å². The second kappa shape index (κ2) is 5.48. The third-order valence-corrected chi connectivity index (χ3v) is 4.44. The van der Waals surface area contributed by atoms with Gasteiger partial charge in [0.25, 0.3) is 10.0 Å². The van der Waals surface area contributed by atoms with Crippen LogP contribution in [-0.2, 0) is 10.0 Å². The molecule has 0 saturated carbocycles. The molecule has 0 atom stereocenters. The Balaban J connectivity index is 2.36. The molecule has 0 aliphatic rings. The van der Waals surface area contributed by atoms with Gasteiger partial charge in [-0.1, -0.05) is 17.7 Å². The lowest BCUT2D eigenvalue weighted by Crippen LogP contribution is -2.13. The first-order valence-corrected chi connectivity index (χ1v) is 7.93. The highest BCUT2D eigenvalue weighted by molar-refractivity contribution is 9.10. The molecule has 0 amide bonds. The summed E-state index contributed by atoms with van der Waals surface area (Å²) in [4.78, 5) is 3.90. The molecule has 100 valence electrons. The number of rotatable bonds is 3. The number of pyridine rings is 1. The molecule has 0 bridgehead atoms. The van der Waals surface area contributed by atoms with Gasteiger partial charge in [0.1, 0.15) is 4.90 Å². The molecule has 4 nitrogen and oxygen atoms in total. The quantitative estimate of drug-likeness (QED) is 0.908. The van der Waals surface area contributed by atoms with Crippen molar-refractivity contribution in [2.45, 2.75) is 11.8 Å². The van der Waals surface area contributed by atoms with Crippen LogP contribution in [0.3, 0.4) is 0 Å². The number of anilines is 1. The highest BCUT2D eigenvalue weighted by Crippen LogP contribution is 2.25. The molecule has 2 rings (SSSR count). The van der Waals surface area contributed by atoms with Crippen LogP contribution in [0, 0.1) is 6.92 Å². The molecular formula is C12H10BrClN2O2S. The van der Waals surface area contributed by atoms with Gasteiger partial charge in [-0.2, -0.15) is 0 Å². The van der Waals surface area contributed by atoms with Gasteiger partial charge in [-0.25, -0.2) is 8.42 Å². The lowest BCUT2D eigenvalue weighted by Gasteiger charge is -2.10. The predicted molar refractivity (Wildman–Crippen MR) is 78.9 cm³/mol. The highest BCUT2D eigenvalue weighted by atomic mass is 79.9. The third-order valence-electron chi connectivity index (χ3n) is 2.36. The molecule has 7 heteroatoms. The van der Waals surface area contributed by atoms with E-state index in [0.29, 0.717) is 15.2 Å². The van der Waals surface area contributed by atoms with Crippen LogP contribution in [0.4, 0.5) is 5.69 Å². The van der Waals surface area contributed by atoms with Crippen LogP contribution >= 0.6 is 27.5 Å². The van der Waals surface area contributed by atoms with Crippen molar-refractivity contribution in [2.75, 3.05) is 4.72 Å². The second-order valence-corrected chi connectivity index (χ2v) is 6.93. The predicted octanol–water partition coefficient (Wildman–Crippen LogP) is 3.61. The number of hydrogen-bond acceptors (Lipinski definition) is 3. The van der Waals surface area contributed by atoms with Crippen LogP contribution in [0.25, 0.3) is 0 Å². The van der Waals surface area contributed by atoms with Gasteiger partial charge in [-0.3, -0.25) is 9.71 Å². The van der Waals surface area contributed by atoms with Crippen molar-refractivity contribution in [3.8, 4) is 0 Å². The van der Waals surface area contributed by atoms with Gasteiger partial charge in [-0.15, -0.1) is 0 Å². The summed E-state index contributed by atoms with van der Waals surface area (Å²) >= 11 is 9.19. The average Bonchev–Trinajstić information content (AvgIpc) is 2.33. The van der Waals surface area contributed by atoms with E-state index in [1.54, 1.807) is 18.2 Å². The van der Waals surface area contributed by atoms with Crippen LogP contribution in [0.1, 0.15) is 5.56 Å². The Labute approximate surface area is 125 Å². The Morgan fingerprint density at radius 1 is 1.26 bits per heavy atom. The molecule has 2 aromatic rings. The minimum absolute atomic E-state index is 0.0681. The van der Waals surface area contributed by atoms with E-state index in [0.717, 1.165) is 5.56 Å². The van der Waals surface area contributed by atoms with Gasteiger partial charge in [0.05, 0.1) is 10.7 Å².